The number of nitrogens with one attached hydrogen (secondary N) is 1. The molecular formula is C25H19N3O3. The Labute approximate surface area is 179 Å². The summed E-state index contributed by atoms with van der Waals surface area (Å²) in [4.78, 5) is 24.4. The van der Waals surface area contributed by atoms with Crippen molar-refractivity contribution in [2.24, 2.45) is 0 Å². The quantitative estimate of drug-likeness (QED) is 0.463. The summed E-state index contributed by atoms with van der Waals surface area (Å²) in [6.07, 6.45) is 3.17. The Bertz CT molecular complexity index is 1230. The molecule has 0 spiro atoms. The number of benzene rings is 3. The Morgan fingerprint density at radius 3 is 2.03 bits per heavy atom. The lowest BCUT2D eigenvalue weighted by Crippen LogP contribution is -2.27. The summed E-state index contributed by atoms with van der Waals surface area (Å²) in [6.45, 7) is 0. The highest BCUT2D eigenvalue weighted by molar-refractivity contribution is 6.03. The molecule has 0 bridgehead atoms. The van der Waals surface area contributed by atoms with Crippen molar-refractivity contribution in [1.82, 2.24) is 15.1 Å². The van der Waals surface area contributed by atoms with Crippen LogP contribution in [0.15, 0.2) is 103 Å². The van der Waals surface area contributed by atoms with E-state index in [9.17, 15) is 14.7 Å². The van der Waals surface area contributed by atoms with Gasteiger partial charge in [0.05, 0.1) is 5.69 Å². The highest BCUT2D eigenvalue weighted by Crippen LogP contribution is 2.25. The minimum absolute atomic E-state index is 0.237. The summed E-state index contributed by atoms with van der Waals surface area (Å²) in [6, 6.07) is 27.5. The molecule has 1 aromatic heterocycles. The first kappa shape index (κ1) is 19.8. The Morgan fingerprint density at radius 1 is 0.839 bits per heavy atom. The number of aromatic nitrogens is 2. The number of hydrogen-bond donors (Lipinski definition) is 2. The smallest absolute Gasteiger partial charge is 0.352 e. The number of carboxylic acids is 1. The van der Waals surface area contributed by atoms with Crippen LogP contribution in [0, 0.1) is 0 Å². The molecular weight excluding hydrogens is 390 g/mol. The molecule has 4 aromatic rings. The molecule has 2 N–H and O–H groups in total. The maximum absolute atomic E-state index is 12.5. The van der Waals surface area contributed by atoms with Gasteiger partial charge in [-0.2, -0.15) is 5.10 Å². The van der Waals surface area contributed by atoms with Crippen LogP contribution in [-0.4, -0.2) is 26.8 Å². The topological polar surface area (TPSA) is 84.2 Å². The van der Waals surface area contributed by atoms with Gasteiger partial charge in [-0.05, 0) is 30.3 Å². The van der Waals surface area contributed by atoms with E-state index in [2.05, 4.69) is 10.4 Å². The molecule has 4 rings (SSSR count). The van der Waals surface area contributed by atoms with Gasteiger partial charge in [0.25, 0.3) is 5.91 Å². The lowest BCUT2D eigenvalue weighted by molar-refractivity contribution is -0.132. The van der Waals surface area contributed by atoms with Crippen LogP contribution < -0.4 is 5.32 Å². The first-order valence-corrected chi connectivity index (χ1v) is 9.64. The Hall–Kier alpha value is -4.45. The van der Waals surface area contributed by atoms with Crippen LogP contribution in [0.5, 0.6) is 0 Å². The molecule has 152 valence electrons. The minimum atomic E-state index is -1.24. The maximum Gasteiger partial charge on any atom is 0.352 e. The van der Waals surface area contributed by atoms with Crippen molar-refractivity contribution < 1.29 is 14.7 Å². The van der Waals surface area contributed by atoms with Crippen molar-refractivity contribution in [1.29, 1.82) is 0 Å². The van der Waals surface area contributed by atoms with Crippen LogP contribution in [0.2, 0.25) is 0 Å². The van der Waals surface area contributed by atoms with E-state index in [1.54, 1.807) is 41.2 Å². The molecule has 0 saturated carbocycles. The fourth-order valence-electron chi connectivity index (χ4n) is 3.12. The van der Waals surface area contributed by atoms with Gasteiger partial charge < -0.3 is 10.4 Å². The second kappa shape index (κ2) is 8.92. The van der Waals surface area contributed by atoms with Gasteiger partial charge in [0.1, 0.15) is 11.4 Å². The normalized spacial score (nSPS) is 11.2. The van der Waals surface area contributed by atoms with Crippen LogP contribution in [0.25, 0.3) is 23.0 Å². The van der Waals surface area contributed by atoms with E-state index in [0.29, 0.717) is 16.8 Å². The number of nitrogens with zero attached hydrogens (tertiary/aromatic N) is 2. The number of carboxylic acid groups (broad SMARTS) is 1. The SMILES string of the molecule is O=C(O)/C(=C\c1cn(-c2ccccc2)nc1-c1ccccc1)NC(=O)c1ccccc1. The first-order valence-electron chi connectivity index (χ1n) is 9.64. The molecule has 0 atom stereocenters. The van der Waals surface area contributed by atoms with Crippen LogP contribution in [0.1, 0.15) is 15.9 Å². The van der Waals surface area contributed by atoms with Crippen LogP contribution in [0.3, 0.4) is 0 Å². The van der Waals surface area contributed by atoms with E-state index in [1.807, 2.05) is 60.7 Å². The lowest BCUT2D eigenvalue weighted by atomic mass is 10.1. The van der Waals surface area contributed by atoms with Gasteiger partial charge in [0.15, 0.2) is 0 Å². The van der Waals surface area contributed by atoms with Crippen LogP contribution >= 0.6 is 0 Å². The zero-order chi connectivity index (χ0) is 21.6. The summed E-state index contributed by atoms with van der Waals surface area (Å²) >= 11 is 0. The molecule has 1 amide bonds. The second-order valence-corrected chi connectivity index (χ2v) is 6.76. The molecule has 31 heavy (non-hydrogen) atoms. The molecule has 0 aliphatic carbocycles. The van der Waals surface area contributed by atoms with Crippen molar-refractivity contribution in [3.05, 3.63) is 114 Å². The number of carbonyl (C=O) groups excluding carboxylic acids is 1. The fourth-order valence-corrected chi connectivity index (χ4v) is 3.12. The van der Waals surface area contributed by atoms with Crippen LogP contribution in [0.4, 0.5) is 0 Å². The van der Waals surface area contributed by atoms with E-state index in [-0.39, 0.29) is 5.70 Å². The standard InChI is InChI=1S/C25H19N3O3/c29-24(19-12-6-2-7-13-19)26-22(25(30)31)16-20-17-28(21-14-8-3-9-15-21)27-23(20)18-10-4-1-5-11-18/h1-17H,(H,26,29)(H,30,31)/b22-16+. The first-order chi connectivity index (χ1) is 15.1. The van der Waals surface area contributed by atoms with Gasteiger partial charge in [-0.1, -0.05) is 66.7 Å². The van der Waals surface area contributed by atoms with E-state index in [0.717, 1.165) is 11.3 Å². The molecule has 6 heteroatoms. The van der Waals surface area contributed by atoms with Gasteiger partial charge >= 0.3 is 5.97 Å². The average molecular weight is 409 g/mol. The highest BCUT2D eigenvalue weighted by atomic mass is 16.4. The number of hydrogen-bond acceptors (Lipinski definition) is 3. The molecule has 0 aliphatic heterocycles. The molecule has 0 unspecified atom stereocenters. The van der Waals surface area contributed by atoms with Gasteiger partial charge in [-0.15, -0.1) is 0 Å². The van der Waals surface area contributed by atoms with Gasteiger partial charge in [-0.25, -0.2) is 9.48 Å². The lowest BCUT2D eigenvalue weighted by Gasteiger charge is -2.06. The summed E-state index contributed by atoms with van der Waals surface area (Å²) in [5.41, 5.74) is 2.99. The number of carbonyl (C=O) groups is 2. The third-order valence-corrected chi connectivity index (χ3v) is 4.62. The number of rotatable bonds is 6. The van der Waals surface area contributed by atoms with Crippen molar-refractivity contribution in [3.8, 4) is 16.9 Å². The molecule has 0 saturated heterocycles. The monoisotopic (exact) mass is 409 g/mol. The van der Waals surface area contributed by atoms with Crippen molar-refractivity contribution in [2.45, 2.75) is 0 Å². The Balaban J connectivity index is 1.77. The zero-order valence-electron chi connectivity index (χ0n) is 16.5. The van der Waals surface area contributed by atoms with Crippen molar-refractivity contribution in [2.75, 3.05) is 0 Å². The minimum Gasteiger partial charge on any atom is -0.477 e. The van der Waals surface area contributed by atoms with E-state index in [4.69, 9.17) is 0 Å². The van der Waals surface area contributed by atoms with Gasteiger partial charge in [-0.3, -0.25) is 4.79 Å². The predicted molar refractivity (Wildman–Crippen MR) is 119 cm³/mol. The number of para-hydroxylation sites is 1. The predicted octanol–water partition coefficient (Wildman–Crippen LogP) is 4.39. The highest BCUT2D eigenvalue weighted by Gasteiger charge is 2.17. The van der Waals surface area contributed by atoms with Crippen molar-refractivity contribution in [3.63, 3.8) is 0 Å². The Morgan fingerprint density at radius 2 is 1.42 bits per heavy atom. The van der Waals surface area contributed by atoms with Gasteiger partial charge in [0, 0.05) is 22.9 Å². The molecule has 0 fully saturated rings. The summed E-state index contributed by atoms with van der Waals surface area (Å²) in [7, 11) is 0. The molecule has 0 aliphatic rings. The average Bonchev–Trinajstić information content (AvgIpc) is 3.24. The van der Waals surface area contributed by atoms with E-state index >= 15 is 0 Å². The van der Waals surface area contributed by atoms with Gasteiger partial charge in [0.2, 0.25) is 0 Å². The number of amides is 1. The van der Waals surface area contributed by atoms with Crippen LogP contribution in [-0.2, 0) is 4.79 Å². The summed E-state index contributed by atoms with van der Waals surface area (Å²) < 4.78 is 1.69. The largest absolute Gasteiger partial charge is 0.477 e. The third kappa shape index (κ3) is 4.59. The van der Waals surface area contributed by atoms with E-state index in [1.165, 1.54) is 6.08 Å². The zero-order valence-corrected chi connectivity index (χ0v) is 16.5. The maximum atomic E-state index is 12.5. The van der Waals surface area contributed by atoms with E-state index < -0.39 is 11.9 Å². The number of aliphatic carboxylic acids is 1. The summed E-state index contributed by atoms with van der Waals surface area (Å²) in [5.74, 6) is -1.73. The molecule has 6 nitrogen and oxygen atoms in total. The molecule has 3 aromatic carbocycles. The molecule has 0 radical (unpaired) electrons. The Kier molecular flexibility index (Phi) is 5.71. The fraction of sp³-hybridized carbons (Fsp3) is 0. The molecule has 1 heterocycles. The van der Waals surface area contributed by atoms with Crippen molar-refractivity contribution >= 4 is 18.0 Å². The summed E-state index contributed by atoms with van der Waals surface area (Å²) in [5, 5.41) is 16.9. The third-order valence-electron chi connectivity index (χ3n) is 4.62. The second-order valence-electron chi connectivity index (χ2n) is 6.76.